The van der Waals surface area contributed by atoms with Crippen molar-refractivity contribution < 1.29 is 0 Å². The van der Waals surface area contributed by atoms with Gasteiger partial charge in [0.1, 0.15) is 0 Å². The van der Waals surface area contributed by atoms with Crippen molar-refractivity contribution in [2.45, 2.75) is 38.8 Å². The van der Waals surface area contributed by atoms with Crippen molar-refractivity contribution in [3.8, 4) is 5.69 Å². The van der Waals surface area contributed by atoms with Gasteiger partial charge in [-0.3, -0.25) is 0 Å². The predicted molar refractivity (Wildman–Crippen MR) is 86.9 cm³/mol. The monoisotopic (exact) mass is 284 g/mol. The molecule has 112 valence electrons. The first-order valence-corrected chi connectivity index (χ1v) is 7.83. The first kappa shape index (κ1) is 14.1. The smallest absolute Gasteiger partial charge is 0.0876 e. The number of piperidine rings is 1. The zero-order chi connectivity index (χ0) is 14.7. The Hall–Kier alpha value is -1.81. The molecule has 1 fully saturated rings. The molecule has 1 saturated heterocycles. The highest BCUT2D eigenvalue weighted by atomic mass is 15.3. The Labute approximate surface area is 126 Å². The van der Waals surface area contributed by atoms with Gasteiger partial charge >= 0.3 is 0 Å². The minimum Gasteiger partial charge on any atom is -0.380 e. The third-order valence-electron chi connectivity index (χ3n) is 4.27. The molecule has 0 spiro atoms. The van der Waals surface area contributed by atoms with E-state index in [1.807, 2.05) is 23.1 Å². The van der Waals surface area contributed by atoms with Crippen LogP contribution in [0.25, 0.3) is 5.69 Å². The summed E-state index contributed by atoms with van der Waals surface area (Å²) >= 11 is 0. The number of nitrogens with zero attached hydrogens (tertiary/aromatic N) is 3. The van der Waals surface area contributed by atoms with Crippen LogP contribution in [0.3, 0.4) is 0 Å². The average molecular weight is 284 g/mol. The van der Waals surface area contributed by atoms with Crippen LogP contribution in [0.1, 0.15) is 26.7 Å². The maximum atomic E-state index is 4.34. The van der Waals surface area contributed by atoms with Crippen molar-refractivity contribution >= 4 is 5.69 Å². The van der Waals surface area contributed by atoms with Crippen molar-refractivity contribution in [2.75, 3.05) is 18.4 Å². The molecule has 2 aromatic rings. The summed E-state index contributed by atoms with van der Waals surface area (Å²) in [5.41, 5.74) is 2.29. The number of rotatable bonds is 4. The molecule has 1 aliphatic heterocycles. The van der Waals surface area contributed by atoms with Gasteiger partial charge < -0.3 is 10.2 Å². The zero-order valence-corrected chi connectivity index (χ0v) is 12.9. The number of nitrogens with one attached hydrogen (secondary N) is 1. The van der Waals surface area contributed by atoms with Gasteiger partial charge in [0.25, 0.3) is 0 Å². The van der Waals surface area contributed by atoms with E-state index in [0.717, 1.165) is 5.69 Å². The topological polar surface area (TPSA) is 33.1 Å². The molecule has 1 N–H and O–H groups in total. The Kier molecular flexibility index (Phi) is 4.25. The van der Waals surface area contributed by atoms with E-state index in [1.54, 1.807) is 0 Å². The Morgan fingerprint density at radius 1 is 1.14 bits per heavy atom. The van der Waals surface area contributed by atoms with Crippen LogP contribution in [0.15, 0.2) is 42.7 Å². The predicted octanol–water partition coefficient (Wildman–Crippen LogP) is 3.16. The van der Waals surface area contributed by atoms with Crippen molar-refractivity contribution in [3.63, 3.8) is 0 Å². The normalized spacial score (nSPS) is 17.3. The second kappa shape index (κ2) is 6.31. The third-order valence-corrected chi connectivity index (χ3v) is 4.27. The lowest BCUT2D eigenvalue weighted by molar-refractivity contribution is 0.177. The number of hydrogen-bond acceptors (Lipinski definition) is 3. The van der Waals surface area contributed by atoms with Gasteiger partial charge in [0.2, 0.25) is 0 Å². The highest BCUT2D eigenvalue weighted by Gasteiger charge is 2.21. The number of anilines is 1. The zero-order valence-electron chi connectivity index (χ0n) is 12.9. The van der Waals surface area contributed by atoms with Crippen LogP contribution in [0, 0.1) is 0 Å². The fourth-order valence-corrected chi connectivity index (χ4v) is 2.99. The highest BCUT2D eigenvalue weighted by Crippen LogP contribution is 2.23. The maximum absolute atomic E-state index is 4.34. The Morgan fingerprint density at radius 3 is 2.57 bits per heavy atom. The summed E-state index contributed by atoms with van der Waals surface area (Å²) < 4.78 is 1.92. The molecule has 0 amide bonds. The SMILES string of the molecule is CC(C)N1CCC(Nc2ccccc2-n2cccn2)CC1. The summed E-state index contributed by atoms with van der Waals surface area (Å²) in [5.74, 6) is 0. The molecule has 0 unspecified atom stereocenters. The summed E-state index contributed by atoms with van der Waals surface area (Å²) in [5, 5.41) is 8.05. The average Bonchev–Trinajstić information content (AvgIpc) is 3.02. The molecule has 3 rings (SSSR count). The largest absolute Gasteiger partial charge is 0.380 e. The fraction of sp³-hybridized carbons (Fsp3) is 0.471. The molecule has 0 bridgehead atoms. The molecule has 0 aliphatic carbocycles. The quantitative estimate of drug-likeness (QED) is 0.936. The third kappa shape index (κ3) is 3.27. The van der Waals surface area contributed by atoms with E-state index < -0.39 is 0 Å². The van der Waals surface area contributed by atoms with E-state index in [2.05, 4.69) is 53.4 Å². The van der Waals surface area contributed by atoms with Gasteiger partial charge in [-0.1, -0.05) is 12.1 Å². The number of benzene rings is 1. The molecule has 4 nitrogen and oxygen atoms in total. The summed E-state index contributed by atoms with van der Waals surface area (Å²) in [4.78, 5) is 2.55. The Morgan fingerprint density at radius 2 is 1.90 bits per heavy atom. The number of aromatic nitrogens is 2. The summed E-state index contributed by atoms with van der Waals surface area (Å²) in [6, 6.07) is 11.6. The Balaban J connectivity index is 1.69. The van der Waals surface area contributed by atoms with Crippen LogP contribution in [-0.2, 0) is 0 Å². The van der Waals surface area contributed by atoms with Crippen LogP contribution in [0.5, 0.6) is 0 Å². The van der Waals surface area contributed by atoms with Crippen LogP contribution in [0.2, 0.25) is 0 Å². The van der Waals surface area contributed by atoms with Crippen LogP contribution in [0.4, 0.5) is 5.69 Å². The van der Waals surface area contributed by atoms with Crippen LogP contribution in [-0.4, -0.2) is 39.9 Å². The van der Waals surface area contributed by atoms with E-state index in [-0.39, 0.29) is 0 Å². The minimum atomic E-state index is 0.553. The summed E-state index contributed by atoms with van der Waals surface area (Å²) in [6.07, 6.45) is 6.21. The number of hydrogen-bond donors (Lipinski definition) is 1. The van der Waals surface area contributed by atoms with Gasteiger partial charge in [0.15, 0.2) is 0 Å². The van der Waals surface area contributed by atoms with Gasteiger partial charge in [0.05, 0.1) is 11.4 Å². The van der Waals surface area contributed by atoms with Gasteiger partial charge in [0, 0.05) is 37.6 Å². The van der Waals surface area contributed by atoms with Crippen molar-refractivity contribution in [3.05, 3.63) is 42.7 Å². The van der Waals surface area contributed by atoms with Gasteiger partial charge in [-0.15, -0.1) is 0 Å². The highest BCUT2D eigenvalue weighted by molar-refractivity contribution is 5.61. The fourth-order valence-electron chi connectivity index (χ4n) is 2.99. The molecule has 2 heterocycles. The molecular weight excluding hydrogens is 260 g/mol. The second-order valence-corrected chi connectivity index (χ2v) is 6.02. The van der Waals surface area contributed by atoms with Gasteiger partial charge in [-0.2, -0.15) is 5.10 Å². The minimum absolute atomic E-state index is 0.553. The lowest BCUT2D eigenvalue weighted by Gasteiger charge is -2.35. The molecule has 1 aromatic carbocycles. The Bertz CT molecular complexity index is 554. The standard InChI is InChI=1S/C17H24N4/c1-14(2)20-12-8-15(9-13-20)19-16-6-3-4-7-17(16)21-11-5-10-18-21/h3-7,10-11,14-15,19H,8-9,12-13H2,1-2H3. The van der Waals surface area contributed by atoms with Crippen molar-refractivity contribution in [1.29, 1.82) is 0 Å². The van der Waals surface area contributed by atoms with E-state index in [0.29, 0.717) is 12.1 Å². The maximum Gasteiger partial charge on any atom is 0.0876 e. The van der Waals surface area contributed by atoms with E-state index >= 15 is 0 Å². The van der Waals surface area contributed by atoms with Crippen molar-refractivity contribution in [2.24, 2.45) is 0 Å². The molecule has 1 aromatic heterocycles. The first-order chi connectivity index (χ1) is 10.2. The van der Waals surface area contributed by atoms with E-state index in [9.17, 15) is 0 Å². The van der Waals surface area contributed by atoms with Crippen LogP contribution >= 0.6 is 0 Å². The van der Waals surface area contributed by atoms with E-state index in [1.165, 1.54) is 31.6 Å². The lowest BCUT2D eigenvalue weighted by atomic mass is 10.0. The van der Waals surface area contributed by atoms with Gasteiger partial charge in [-0.05, 0) is 44.9 Å². The molecule has 0 radical (unpaired) electrons. The van der Waals surface area contributed by atoms with E-state index in [4.69, 9.17) is 0 Å². The summed E-state index contributed by atoms with van der Waals surface area (Å²) in [6.45, 7) is 6.92. The van der Waals surface area contributed by atoms with Crippen molar-refractivity contribution in [1.82, 2.24) is 14.7 Å². The molecule has 21 heavy (non-hydrogen) atoms. The molecular formula is C17H24N4. The molecule has 4 heteroatoms. The lowest BCUT2D eigenvalue weighted by Crippen LogP contribution is -2.42. The van der Waals surface area contributed by atoms with Gasteiger partial charge in [-0.25, -0.2) is 4.68 Å². The molecule has 0 atom stereocenters. The first-order valence-electron chi connectivity index (χ1n) is 7.83. The summed E-state index contributed by atoms with van der Waals surface area (Å²) in [7, 11) is 0. The molecule has 0 saturated carbocycles. The van der Waals surface area contributed by atoms with Crippen LogP contribution < -0.4 is 5.32 Å². The number of para-hydroxylation sites is 2. The molecule has 1 aliphatic rings. The number of likely N-dealkylation sites (tertiary alicyclic amines) is 1. The second-order valence-electron chi connectivity index (χ2n) is 6.02.